The average molecular weight is 479 g/mol. The third-order valence-corrected chi connectivity index (χ3v) is 7.09. The number of carbonyl (C=O) groups is 1. The van der Waals surface area contributed by atoms with Gasteiger partial charge in [0.2, 0.25) is 5.88 Å². The Bertz CT molecular complexity index is 1440. The van der Waals surface area contributed by atoms with Crippen LogP contribution in [0.3, 0.4) is 0 Å². The van der Waals surface area contributed by atoms with E-state index >= 15 is 0 Å². The number of H-pyrrole nitrogens is 1. The number of aromatic nitrogens is 3. The number of carboxylic acid groups (broad SMARTS) is 1. The summed E-state index contributed by atoms with van der Waals surface area (Å²) in [5, 5.41) is 18.7. The zero-order valence-corrected chi connectivity index (χ0v) is 18.8. The highest BCUT2D eigenvalue weighted by Crippen LogP contribution is 2.44. The lowest BCUT2D eigenvalue weighted by molar-refractivity contribution is -0.148. The van der Waals surface area contributed by atoms with Gasteiger partial charge in [0.15, 0.2) is 11.6 Å². The summed E-state index contributed by atoms with van der Waals surface area (Å²) in [5.74, 6) is -2.60. The van der Waals surface area contributed by atoms with Gasteiger partial charge in [-0.1, -0.05) is 6.07 Å². The van der Waals surface area contributed by atoms with Crippen LogP contribution in [0.15, 0.2) is 36.5 Å². The van der Waals surface area contributed by atoms with Crippen molar-refractivity contribution in [3.8, 4) is 17.0 Å². The normalized spacial score (nSPS) is 20.7. The second-order valence-corrected chi connectivity index (χ2v) is 9.29. The van der Waals surface area contributed by atoms with E-state index in [0.717, 1.165) is 46.5 Å². The van der Waals surface area contributed by atoms with E-state index in [1.54, 1.807) is 12.3 Å². The number of ether oxygens (including phenoxy) is 2. The summed E-state index contributed by atoms with van der Waals surface area (Å²) in [6.45, 7) is 1.17. The molecule has 1 saturated carbocycles. The first kappa shape index (κ1) is 21.9. The summed E-state index contributed by atoms with van der Waals surface area (Å²) < 4.78 is 40.0. The average Bonchev–Trinajstić information content (AvgIpc) is 3.29. The van der Waals surface area contributed by atoms with Gasteiger partial charge < -0.3 is 14.6 Å². The molecule has 6 rings (SSSR count). The van der Waals surface area contributed by atoms with Crippen LogP contribution in [0, 0.1) is 17.6 Å². The van der Waals surface area contributed by atoms with Crippen LogP contribution in [0.2, 0.25) is 0 Å². The van der Waals surface area contributed by atoms with E-state index < -0.39 is 23.5 Å². The van der Waals surface area contributed by atoms with Gasteiger partial charge >= 0.3 is 5.97 Å². The fraction of sp³-hybridized carbons (Fsp3) is 0.346. The minimum absolute atomic E-state index is 0.0480. The molecule has 0 amide bonds. The Morgan fingerprint density at radius 1 is 1.09 bits per heavy atom. The van der Waals surface area contributed by atoms with Gasteiger partial charge in [0.05, 0.1) is 23.3 Å². The molecule has 7 nitrogen and oxygen atoms in total. The van der Waals surface area contributed by atoms with Crippen LogP contribution in [0.25, 0.3) is 32.8 Å². The number of halogens is 2. The molecule has 1 aliphatic heterocycles. The minimum Gasteiger partial charge on any atom is -0.481 e. The van der Waals surface area contributed by atoms with E-state index in [4.69, 9.17) is 14.5 Å². The van der Waals surface area contributed by atoms with Crippen molar-refractivity contribution in [2.24, 2.45) is 5.92 Å². The second kappa shape index (κ2) is 8.57. The Morgan fingerprint density at radius 2 is 1.89 bits per heavy atom. The third-order valence-electron chi connectivity index (χ3n) is 7.09. The number of aliphatic carboxylic acids is 1. The maximum Gasteiger partial charge on any atom is 0.306 e. The van der Waals surface area contributed by atoms with Gasteiger partial charge in [-0.2, -0.15) is 5.10 Å². The van der Waals surface area contributed by atoms with Gasteiger partial charge in [0.1, 0.15) is 6.10 Å². The van der Waals surface area contributed by atoms with Gasteiger partial charge in [-0.05, 0) is 60.9 Å². The molecule has 4 aromatic rings. The molecule has 2 aliphatic rings. The molecule has 0 atom stereocenters. The van der Waals surface area contributed by atoms with Crippen molar-refractivity contribution in [3.63, 3.8) is 0 Å². The summed E-state index contributed by atoms with van der Waals surface area (Å²) in [6, 6.07) is 7.76. The van der Waals surface area contributed by atoms with Crippen molar-refractivity contribution in [2.45, 2.75) is 37.7 Å². The fourth-order valence-electron chi connectivity index (χ4n) is 5.07. The lowest BCUT2D eigenvalue weighted by atomic mass is 9.82. The molecular formula is C26H23F2N3O4. The molecule has 0 unspecified atom stereocenters. The Balaban J connectivity index is 1.57. The van der Waals surface area contributed by atoms with Gasteiger partial charge in [-0.15, -0.1) is 0 Å². The number of nitrogens with zero attached hydrogens (tertiary/aromatic N) is 2. The molecule has 3 heterocycles. The van der Waals surface area contributed by atoms with Crippen LogP contribution < -0.4 is 4.74 Å². The molecule has 0 bridgehead atoms. The molecule has 2 aromatic heterocycles. The zero-order valence-electron chi connectivity index (χ0n) is 18.8. The first-order valence-corrected chi connectivity index (χ1v) is 11.7. The number of benzene rings is 2. The first-order valence-electron chi connectivity index (χ1n) is 11.7. The van der Waals surface area contributed by atoms with Crippen molar-refractivity contribution in [1.29, 1.82) is 0 Å². The van der Waals surface area contributed by atoms with Crippen LogP contribution in [0.5, 0.6) is 5.88 Å². The molecule has 2 aromatic carbocycles. The predicted octanol–water partition coefficient (Wildman–Crippen LogP) is 5.19. The molecule has 1 aliphatic carbocycles. The summed E-state index contributed by atoms with van der Waals surface area (Å²) in [4.78, 5) is 16.2. The molecule has 35 heavy (non-hydrogen) atoms. The van der Waals surface area contributed by atoms with Crippen molar-refractivity contribution in [3.05, 3.63) is 53.9 Å². The van der Waals surface area contributed by atoms with Gasteiger partial charge in [0.25, 0.3) is 0 Å². The summed E-state index contributed by atoms with van der Waals surface area (Å²) in [5.41, 5.74) is 2.81. The number of hydrogen-bond acceptors (Lipinski definition) is 5. The van der Waals surface area contributed by atoms with Crippen LogP contribution >= 0.6 is 0 Å². The number of rotatable bonds is 5. The predicted molar refractivity (Wildman–Crippen MR) is 124 cm³/mol. The molecule has 0 radical (unpaired) electrons. The minimum atomic E-state index is -0.924. The second-order valence-electron chi connectivity index (χ2n) is 9.29. The zero-order chi connectivity index (χ0) is 24.1. The van der Waals surface area contributed by atoms with Crippen molar-refractivity contribution in [2.75, 3.05) is 13.2 Å². The topological polar surface area (TPSA) is 97.3 Å². The van der Waals surface area contributed by atoms with Gasteiger partial charge in [-0.3, -0.25) is 9.89 Å². The number of pyridine rings is 1. The quantitative estimate of drug-likeness (QED) is 0.409. The standard InChI is InChI=1S/C26H23F2N3O4/c27-20-2-1-14(10-21(20)28)23-18-9-16-12-29-31-22(16)11-19(18)25(35-17-7-15(8-17)26(32)33)30-24(23)13-3-5-34-6-4-13/h1-2,9-13,15,17H,3-8H2,(H,29,31)(H,32,33). The van der Waals surface area contributed by atoms with E-state index in [0.29, 0.717) is 42.9 Å². The smallest absolute Gasteiger partial charge is 0.306 e. The first-order chi connectivity index (χ1) is 17.0. The highest BCUT2D eigenvalue weighted by atomic mass is 19.2. The van der Waals surface area contributed by atoms with Crippen LogP contribution in [0.1, 0.15) is 37.3 Å². The Morgan fingerprint density at radius 3 is 2.63 bits per heavy atom. The monoisotopic (exact) mass is 479 g/mol. The van der Waals surface area contributed by atoms with Crippen molar-refractivity contribution >= 4 is 27.6 Å². The van der Waals surface area contributed by atoms with Gasteiger partial charge in [-0.25, -0.2) is 13.8 Å². The maximum absolute atomic E-state index is 14.3. The number of hydrogen-bond donors (Lipinski definition) is 2. The molecule has 9 heteroatoms. The molecule has 2 fully saturated rings. The number of carboxylic acids is 1. The lowest BCUT2D eigenvalue weighted by Crippen LogP contribution is -2.38. The molecule has 1 saturated heterocycles. The fourth-order valence-corrected chi connectivity index (χ4v) is 5.07. The maximum atomic E-state index is 14.3. The molecule has 0 spiro atoms. The van der Waals surface area contributed by atoms with E-state index in [1.807, 2.05) is 12.1 Å². The highest BCUT2D eigenvalue weighted by Gasteiger charge is 2.37. The molecular weight excluding hydrogens is 456 g/mol. The third kappa shape index (κ3) is 3.89. The number of aromatic amines is 1. The largest absolute Gasteiger partial charge is 0.481 e. The van der Waals surface area contributed by atoms with E-state index in [9.17, 15) is 18.7 Å². The number of fused-ring (bicyclic) bond motifs is 2. The molecule has 2 N–H and O–H groups in total. The lowest BCUT2D eigenvalue weighted by Gasteiger charge is -2.33. The summed E-state index contributed by atoms with van der Waals surface area (Å²) >= 11 is 0. The highest BCUT2D eigenvalue weighted by molar-refractivity contribution is 6.06. The summed E-state index contributed by atoms with van der Waals surface area (Å²) in [6.07, 6.45) is 3.79. The SMILES string of the molecule is O=C(O)C1CC(Oc2nc(C3CCOCC3)c(-c3ccc(F)c(F)c3)c3cc4cn[nH]c4cc23)C1. The number of nitrogens with one attached hydrogen (secondary N) is 1. The Hall–Kier alpha value is -3.59. The van der Waals surface area contributed by atoms with Gasteiger partial charge in [0, 0.05) is 35.5 Å². The van der Waals surface area contributed by atoms with Crippen molar-refractivity contribution < 1.29 is 28.2 Å². The van der Waals surface area contributed by atoms with Crippen LogP contribution in [0.4, 0.5) is 8.78 Å². The van der Waals surface area contributed by atoms with Crippen LogP contribution in [-0.4, -0.2) is 45.6 Å². The van der Waals surface area contributed by atoms with E-state index in [2.05, 4.69) is 10.2 Å². The van der Waals surface area contributed by atoms with E-state index in [1.165, 1.54) is 6.07 Å². The van der Waals surface area contributed by atoms with E-state index in [-0.39, 0.29) is 12.0 Å². The summed E-state index contributed by atoms with van der Waals surface area (Å²) in [7, 11) is 0. The molecule has 180 valence electrons. The Kier molecular flexibility index (Phi) is 5.36. The van der Waals surface area contributed by atoms with Crippen LogP contribution in [-0.2, 0) is 9.53 Å². The van der Waals surface area contributed by atoms with Crippen molar-refractivity contribution in [1.82, 2.24) is 15.2 Å². The Labute approximate surface area is 199 Å².